The molecule has 2 heterocycles. The van der Waals surface area contributed by atoms with Crippen LogP contribution in [0.2, 0.25) is 0 Å². The number of rotatable bonds is 1. The molecule has 0 radical (unpaired) electrons. The summed E-state index contributed by atoms with van der Waals surface area (Å²) in [6, 6.07) is 5.00. The van der Waals surface area contributed by atoms with Crippen molar-refractivity contribution in [2.75, 3.05) is 6.54 Å². The van der Waals surface area contributed by atoms with Crippen LogP contribution in [0, 0.1) is 0 Å². The Kier molecular flexibility index (Phi) is 2.92. The van der Waals surface area contributed by atoms with E-state index in [4.69, 9.17) is 0 Å². The zero-order chi connectivity index (χ0) is 10.8. The van der Waals surface area contributed by atoms with Gasteiger partial charge >= 0.3 is 0 Å². The molecule has 2 atom stereocenters. The molecule has 0 amide bonds. The molecular formula is C14H20N2. The Hall–Kier alpha value is -0.890. The molecule has 2 heteroatoms. The molecule has 0 aromatic carbocycles. The number of hydrogen-bond acceptors (Lipinski definition) is 2. The summed E-state index contributed by atoms with van der Waals surface area (Å²) in [6.07, 6.45) is 9.94. The van der Waals surface area contributed by atoms with Gasteiger partial charge in [-0.25, -0.2) is 0 Å². The molecule has 16 heavy (non-hydrogen) atoms. The molecule has 1 fully saturated rings. The fourth-order valence-electron chi connectivity index (χ4n) is 3.23. The number of aryl methyl sites for hydroxylation is 1. The van der Waals surface area contributed by atoms with E-state index < -0.39 is 0 Å². The van der Waals surface area contributed by atoms with Crippen LogP contribution in [0.5, 0.6) is 0 Å². The second kappa shape index (κ2) is 4.54. The van der Waals surface area contributed by atoms with Crippen LogP contribution in [0.15, 0.2) is 18.3 Å². The monoisotopic (exact) mass is 216 g/mol. The predicted molar refractivity (Wildman–Crippen MR) is 65.6 cm³/mol. The number of aromatic nitrogens is 1. The van der Waals surface area contributed by atoms with Crippen LogP contribution < -0.4 is 5.32 Å². The van der Waals surface area contributed by atoms with E-state index in [2.05, 4.69) is 22.4 Å². The van der Waals surface area contributed by atoms with Crippen LogP contribution in [0.25, 0.3) is 0 Å². The lowest BCUT2D eigenvalue weighted by Crippen LogP contribution is -2.33. The SMILES string of the molecule is c1cnc2c(c1)CCC2C1CCCCCN1. The Morgan fingerprint density at radius 1 is 1.19 bits per heavy atom. The smallest absolute Gasteiger partial charge is 0.0482 e. The lowest BCUT2D eigenvalue weighted by atomic mass is 9.93. The van der Waals surface area contributed by atoms with Gasteiger partial charge in [-0.2, -0.15) is 0 Å². The fourth-order valence-corrected chi connectivity index (χ4v) is 3.23. The Morgan fingerprint density at radius 2 is 2.19 bits per heavy atom. The van der Waals surface area contributed by atoms with Crippen molar-refractivity contribution in [1.82, 2.24) is 10.3 Å². The second-order valence-corrected chi connectivity index (χ2v) is 5.10. The van der Waals surface area contributed by atoms with E-state index in [0.29, 0.717) is 12.0 Å². The molecule has 1 aliphatic carbocycles. The molecule has 0 saturated carbocycles. The maximum atomic E-state index is 4.61. The number of hydrogen-bond donors (Lipinski definition) is 1. The maximum Gasteiger partial charge on any atom is 0.0482 e. The van der Waals surface area contributed by atoms with E-state index in [-0.39, 0.29) is 0 Å². The van der Waals surface area contributed by atoms with Gasteiger partial charge in [-0.1, -0.05) is 18.9 Å². The summed E-state index contributed by atoms with van der Waals surface area (Å²) in [7, 11) is 0. The molecular weight excluding hydrogens is 196 g/mol. The van der Waals surface area contributed by atoms with Crippen molar-refractivity contribution in [3.05, 3.63) is 29.6 Å². The first kappa shape index (κ1) is 10.3. The number of pyridine rings is 1. The molecule has 2 unspecified atom stereocenters. The van der Waals surface area contributed by atoms with Gasteiger partial charge in [0, 0.05) is 23.9 Å². The zero-order valence-corrected chi connectivity index (χ0v) is 9.78. The summed E-state index contributed by atoms with van der Waals surface area (Å²) >= 11 is 0. The van der Waals surface area contributed by atoms with Gasteiger partial charge in [-0.15, -0.1) is 0 Å². The highest BCUT2D eigenvalue weighted by Gasteiger charge is 2.30. The Bertz CT molecular complexity index is 354. The van der Waals surface area contributed by atoms with Crippen molar-refractivity contribution in [3.63, 3.8) is 0 Å². The first-order chi connectivity index (χ1) is 7.95. The third-order valence-corrected chi connectivity index (χ3v) is 4.09. The van der Waals surface area contributed by atoms with Gasteiger partial charge in [0.1, 0.15) is 0 Å². The van der Waals surface area contributed by atoms with Crippen LogP contribution in [0.1, 0.15) is 49.3 Å². The van der Waals surface area contributed by atoms with Gasteiger partial charge in [-0.3, -0.25) is 4.98 Å². The Labute approximate surface area is 97.5 Å². The number of nitrogens with one attached hydrogen (secondary N) is 1. The minimum absolute atomic E-state index is 0.675. The second-order valence-electron chi connectivity index (χ2n) is 5.10. The summed E-state index contributed by atoms with van der Waals surface area (Å²) < 4.78 is 0. The van der Waals surface area contributed by atoms with Crippen molar-refractivity contribution in [2.24, 2.45) is 0 Å². The topological polar surface area (TPSA) is 24.9 Å². The van der Waals surface area contributed by atoms with Crippen LogP contribution >= 0.6 is 0 Å². The van der Waals surface area contributed by atoms with E-state index in [0.717, 1.165) is 0 Å². The molecule has 2 aliphatic rings. The zero-order valence-electron chi connectivity index (χ0n) is 9.78. The summed E-state index contributed by atoms with van der Waals surface area (Å²) in [4.78, 5) is 4.61. The quantitative estimate of drug-likeness (QED) is 0.780. The molecule has 0 bridgehead atoms. The average Bonchev–Trinajstić information content (AvgIpc) is 2.57. The normalized spacial score (nSPS) is 29.8. The third kappa shape index (κ3) is 1.86. The maximum absolute atomic E-state index is 4.61. The molecule has 1 N–H and O–H groups in total. The molecule has 1 aromatic rings. The standard InChI is InChI=1S/C14H20N2/c1-2-6-13(15-9-3-1)12-8-7-11-5-4-10-16-14(11)12/h4-5,10,12-13,15H,1-3,6-9H2. The minimum atomic E-state index is 0.675. The lowest BCUT2D eigenvalue weighted by molar-refractivity contribution is 0.419. The summed E-state index contributed by atoms with van der Waals surface area (Å²) in [5.74, 6) is 0.675. The van der Waals surface area contributed by atoms with Crippen molar-refractivity contribution in [1.29, 1.82) is 0 Å². The molecule has 86 valence electrons. The van der Waals surface area contributed by atoms with Crippen LogP contribution in [-0.4, -0.2) is 17.6 Å². The number of nitrogens with zero attached hydrogens (tertiary/aromatic N) is 1. The molecule has 0 spiro atoms. The van der Waals surface area contributed by atoms with Gasteiger partial charge < -0.3 is 5.32 Å². The lowest BCUT2D eigenvalue weighted by Gasteiger charge is -2.23. The van der Waals surface area contributed by atoms with E-state index in [9.17, 15) is 0 Å². The highest BCUT2D eigenvalue weighted by Crippen LogP contribution is 2.35. The minimum Gasteiger partial charge on any atom is -0.313 e. The van der Waals surface area contributed by atoms with Crippen LogP contribution in [-0.2, 0) is 6.42 Å². The summed E-state index contributed by atoms with van der Waals surface area (Å²) in [5, 5.41) is 3.72. The summed E-state index contributed by atoms with van der Waals surface area (Å²) in [5.41, 5.74) is 2.86. The Balaban J connectivity index is 1.80. The molecule has 1 saturated heterocycles. The van der Waals surface area contributed by atoms with E-state index in [1.54, 1.807) is 0 Å². The van der Waals surface area contributed by atoms with Gasteiger partial charge in [-0.05, 0) is 43.9 Å². The van der Waals surface area contributed by atoms with Gasteiger partial charge in [0.05, 0.1) is 0 Å². The van der Waals surface area contributed by atoms with Crippen molar-refractivity contribution < 1.29 is 0 Å². The predicted octanol–water partition coefficient (Wildman–Crippen LogP) is 2.64. The highest BCUT2D eigenvalue weighted by molar-refractivity contribution is 5.30. The van der Waals surface area contributed by atoms with Crippen LogP contribution in [0.3, 0.4) is 0 Å². The van der Waals surface area contributed by atoms with Crippen molar-refractivity contribution in [2.45, 2.75) is 50.5 Å². The molecule has 2 nitrogen and oxygen atoms in total. The van der Waals surface area contributed by atoms with E-state index in [1.807, 2.05) is 6.20 Å². The van der Waals surface area contributed by atoms with E-state index >= 15 is 0 Å². The van der Waals surface area contributed by atoms with Crippen LogP contribution in [0.4, 0.5) is 0 Å². The summed E-state index contributed by atoms with van der Waals surface area (Å²) in [6.45, 7) is 1.20. The fraction of sp³-hybridized carbons (Fsp3) is 0.643. The van der Waals surface area contributed by atoms with E-state index in [1.165, 1.54) is 56.3 Å². The van der Waals surface area contributed by atoms with Gasteiger partial charge in [0.2, 0.25) is 0 Å². The number of fused-ring (bicyclic) bond motifs is 1. The van der Waals surface area contributed by atoms with Gasteiger partial charge in [0.15, 0.2) is 0 Å². The Morgan fingerprint density at radius 3 is 3.19 bits per heavy atom. The molecule has 1 aliphatic heterocycles. The first-order valence-electron chi connectivity index (χ1n) is 6.62. The third-order valence-electron chi connectivity index (χ3n) is 4.09. The molecule has 1 aromatic heterocycles. The molecule has 3 rings (SSSR count). The highest BCUT2D eigenvalue weighted by atomic mass is 14.9. The van der Waals surface area contributed by atoms with Gasteiger partial charge in [0.25, 0.3) is 0 Å². The first-order valence-corrected chi connectivity index (χ1v) is 6.62. The van der Waals surface area contributed by atoms with Crippen molar-refractivity contribution >= 4 is 0 Å². The van der Waals surface area contributed by atoms with Crippen molar-refractivity contribution in [3.8, 4) is 0 Å². The largest absolute Gasteiger partial charge is 0.313 e. The average molecular weight is 216 g/mol.